The maximum absolute atomic E-state index is 14.9. The van der Waals surface area contributed by atoms with Gasteiger partial charge in [-0.3, -0.25) is 23.9 Å². The Labute approximate surface area is 205 Å². The molecule has 3 aromatic rings. The Morgan fingerprint density at radius 1 is 1.06 bits per heavy atom. The van der Waals surface area contributed by atoms with Gasteiger partial charge in [0.25, 0.3) is 5.91 Å². The fraction of sp³-hybridized carbons (Fsp3) is 0.407. The second-order valence-electron chi connectivity index (χ2n) is 10.9. The zero-order valence-corrected chi connectivity index (χ0v) is 19.5. The standard InChI is InChI=1S/C27H24F2N4O3/c28-17-1-3-21(20(29)9-17)33-13-19(26(36)31-27-10-14-7-15(11-27)16(8-14)12-27)24(35)18-2-4-22(30-25(18)33)32-6-5-23(32)34/h1-4,9,13-16H,5-8,10-12H2,(H,31,36). The van der Waals surface area contributed by atoms with Crippen molar-refractivity contribution >= 4 is 28.7 Å². The minimum atomic E-state index is -0.858. The van der Waals surface area contributed by atoms with Crippen molar-refractivity contribution in [1.29, 1.82) is 0 Å². The van der Waals surface area contributed by atoms with Gasteiger partial charge in [0.2, 0.25) is 11.3 Å². The van der Waals surface area contributed by atoms with Crippen LogP contribution in [0.4, 0.5) is 14.6 Å². The van der Waals surface area contributed by atoms with E-state index in [1.807, 2.05) is 0 Å². The van der Waals surface area contributed by atoms with Crippen molar-refractivity contribution in [3.63, 3.8) is 0 Å². The molecule has 1 N–H and O–H groups in total. The zero-order valence-electron chi connectivity index (χ0n) is 19.5. The number of amides is 2. The molecule has 36 heavy (non-hydrogen) atoms. The molecule has 4 aliphatic carbocycles. The number of hydrogen-bond acceptors (Lipinski definition) is 4. The molecule has 1 saturated heterocycles. The van der Waals surface area contributed by atoms with Crippen LogP contribution in [0.1, 0.15) is 48.9 Å². The molecule has 2 atom stereocenters. The van der Waals surface area contributed by atoms with Crippen LogP contribution >= 0.6 is 0 Å². The van der Waals surface area contributed by atoms with Crippen molar-refractivity contribution in [1.82, 2.24) is 14.9 Å². The van der Waals surface area contributed by atoms with Crippen molar-refractivity contribution < 1.29 is 18.4 Å². The minimum Gasteiger partial charge on any atom is -0.346 e. The number of halogens is 2. The van der Waals surface area contributed by atoms with Gasteiger partial charge in [0.15, 0.2) is 5.65 Å². The third-order valence-electron chi connectivity index (χ3n) is 8.68. The Kier molecular flexibility index (Phi) is 4.48. The van der Waals surface area contributed by atoms with E-state index in [0.29, 0.717) is 36.5 Å². The predicted octanol–water partition coefficient (Wildman–Crippen LogP) is 3.71. The van der Waals surface area contributed by atoms with Crippen LogP contribution in [0.15, 0.2) is 41.3 Å². The molecular weight excluding hydrogens is 466 g/mol. The third-order valence-corrected chi connectivity index (χ3v) is 8.68. The SMILES string of the molecule is O=C(NC12CC3CC(C1)C(C3)C2)c1cn(-c2ccc(F)cc2F)c2nc(N3CCC3=O)ccc2c1=O. The lowest BCUT2D eigenvalue weighted by Gasteiger charge is -2.39. The number of anilines is 1. The first kappa shape index (κ1) is 21.6. The smallest absolute Gasteiger partial charge is 0.257 e. The topological polar surface area (TPSA) is 84.3 Å². The lowest BCUT2D eigenvalue weighted by Crippen LogP contribution is -2.51. The van der Waals surface area contributed by atoms with Gasteiger partial charge < -0.3 is 5.32 Å². The molecule has 1 aromatic carbocycles. The van der Waals surface area contributed by atoms with E-state index in [1.54, 1.807) is 6.07 Å². The summed E-state index contributed by atoms with van der Waals surface area (Å²) in [4.78, 5) is 44.9. The highest BCUT2D eigenvalue weighted by Crippen LogP contribution is 2.59. The minimum absolute atomic E-state index is 0.0481. The largest absolute Gasteiger partial charge is 0.346 e. The number of pyridine rings is 2. The van der Waals surface area contributed by atoms with Crippen molar-refractivity contribution in [2.45, 2.75) is 44.1 Å². The first-order chi connectivity index (χ1) is 17.3. The number of benzene rings is 1. The average molecular weight is 491 g/mol. The Balaban J connectivity index is 1.36. The molecule has 8 rings (SSSR count). The van der Waals surface area contributed by atoms with Crippen LogP contribution in [0.5, 0.6) is 0 Å². The molecule has 0 radical (unpaired) electrons. The van der Waals surface area contributed by atoms with Crippen LogP contribution in [-0.2, 0) is 4.79 Å². The van der Waals surface area contributed by atoms with Crippen LogP contribution in [0.3, 0.4) is 0 Å². The van der Waals surface area contributed by atoms with Crippen molar-refractivity contribution in [3.8, 4) is 5.69 Å². The number of rotatable bonds is 4. The number of carbonyl (C=O) groups is 2. The summed E-state index contributed by atoms with van der Waals surface area (Å²) in [5.41, 5.74) is -0.869. The molecule has 4 bridgehead atoms. The van der Waals surface area contributed by atoms with E-state index in [1.165, 1.54) is 40.6 Å². The number of nitrogens with zero attached hydrogens (tertiary/aromatic N) is 3. The summed E-state index contributed by atoms with van der Waals surface area (Å²) in [5.74, 6) is 0.0461. The van der Waals surface area contributed by atoms with Crippen molar-refractivity contribution in [2.75, 3.05) is 11.4 Å². The predicted molar refractivity (Wildman–Crippen MR) is 128 cm³/mol. The molecule has 184 valence electrons. The summed E-state index contributed by atoms with van der Waals surface area (Å²) in [7, 11) is 0. The van der Waals surface area contributed by atoms with E-state index in [4.69, 9.17) is 0 Å². The molecule has 4 saturated carbocycles. The molecule has 7 nitrogen and oxygen atoms in total. The average Bonchev–Trinajstić information content (AvgIpc) is 3.24. The summed E-state index contributed by atoms with van der Waals surface area (Å²) in [6, 6.07) is 6.17. The van der Waals surface area contributed by atoms with E-state index in [2.05, 4.69) is 10.3 Å². The lowest BCUT2D eigenvalue weighted by atomic mass is 9.75. The van der Waals surface area contributed by atoms with Gasteiger partial charge in [-0.25, -0.2) is 13.8 Å². The van der Waals surface area contributed by atoms with Crippen LogP contribution < -0.4 is 15.6 Å². The quantitative estimate of drug-likeness (QED) is 0.566. The highest BCUT2D eigenvalue weighted by atomic mass is 19.1. The Bertz CT molecular complexity index is 1510. The van der Waals surface area contributed by atoms with E-state index in [-0.39, 0.29) is 33.7 Å². The maximum atomic E-state index is 14.9. The number of β-lactam (4-membered cyclic amide) rings is 1. The summed E-state index contributed by atoms with van der Waals surface area (Å²) >= 11 is 0. The fourth-order valence-electron chi connectivity index (χ4n) is 7.19. The van der Waals surface area contributed by atoms with E-state index >= 15 is 0 Å². The first-order valence-electron chi connectivity index (χ1n) is 12.4. The molecular formula is C27H24F2N4O3. The Hall–Kier alpha value is -3.62. The number of nitrogens with one attached hydrogen (secondary N) is 1. The van der Waals surface area contributed by atoms with E-state index in [9.17, 15) is 23.2 Å². The normalized spacial score (nSPS) is 28.1. The highest BCUT2D eigenvalue weighted by Gasteiger charge is 2.56. The number of hydrogen-bond donors (Lipinski definition) is 1. The first-order valence-corrected chi connectivity index (χ1v) is 12.4. The van der Waals surface area contributed by atoms with Crippen LogP contribution in [0, 0.1) is 29.4 Å². The third kappa shape index (κ3) is 3.14. The molecule has 5 fully saturated rings. The highest BCUT2D eigenvalue weighted by molar-refractivity contribution is 6.00. The summed E-state index contributed by atoms with van der Waals surface area (Å²) in [5, 5.41) is 3.30. The molecule has 5 aliphatic rings. The summed E-state index contributed by atoms with van der Waals surface area (Å²) in [6.07, 6.45) is 6.94. The van der Waals surface area contributed by atoms with Crippen LogP contribution in [0.25, 0.3) is 16.7 Å². The lowest BCUT2D eigenvalue weighted by molar-refractivity contribution is -0.122. The van der Waals surface area contributed by atoms with Gasteiger partial charge in [-0.15, -0.1) is 0 Å². The van der Waals surface area contributed by atoms with Gasteiger partial charge in [0.05, 0.1) is 11.1 Å². The van der Waals surface area contributed by atoms with Gasteiger partial charge in [0.1, 0.15) is 23.0 Å². The Morgan fingerprint density at radius 3 is 2.47 bits per heavy atom. The van der Waals surface area contributed by atoms with Crippen LogP contribution in [0.2, 0.25) is 0 Å². The monoisotopic (exact) mass is 490 g/mol. The molecule has 2 unspecified atom stereocenters. The van der Waals surface area contributed by atoms with Gasteiger partial charge in [-0.05, 0) is 74.1 Å². The zero-order chi connectivity index (χ0) is 24.8. The second kappa shape index (κ2) is 7.44. The van der Waals surface area contributed by atoms with Crippen LogP contribution in [-0.4, -0.2) is 33.4 Å². The van der Waals surface area contributed by atoms with Gasteiger partial charge in [-0.1, -0.05) is 0 Å². The van der Waals surface area contributed by atoms with E-state index < -0.39 is 23.0 Å². The van der Waals surface area contributed by atoms with Gasteiger partial charge >= 0.3 is 0 Å². The molecule has 1 aliphatic heterocycles. The number of aromatic nitrogens is 2. The van der Waals surface area contributed by atoms with E-state index in [0.717, 1.165) is 31.4 Å². The molecule has 2 amide bonds. The fourth-order valence-corrected chi connectivity index (χ4v) is 7.19. The van der Waals surface area contributed by atoms with Crippen molar-refractivity contribution in [2.24, 2.45) is 17.8 Å². The maximum Gasteiger partial charge on any atom is 0.257 e. The molecule has 0 spiro atoms. The van der Waals surface area contributed by atoms with Gasteiger partial charge in [-0.2, -0.15) is 0 Å². The van der Waals surface area contributed by atoms with Crippen molar-refractivity contribution in [3.05, 3.63) is 63.9 Å². The van der Waals surface area contributed by atoms with Gasteiger partial charge in [0, 0.05) is 30.8 Å². The number of fused-ring (bicyclic) bond motifs is 1. The summed E-state index contributed by atoms with van der Waals surface area (Å²) in [6.45, 7) is 0.498. The second-order valence-corrected chi connectivity index (χ2v) is 10.9. The Morgan fingerprint density at radius 2 is 1.83 bits per heavy atom. The summed E-state index contributed by atoms with van der Waals surface area (Å²) < 4.78 is 29.9. The molecule has 2 aromatic heterocycles. The molecule has 9 heteroatoms. The number of carbonyl (C=O) groups excluding carboxylic acids is 2. The molecule has 3 heterocycles.